The smallest absolute Gasteiger partial charge is 0.407 e. The Labute approximate surface area is 197 Å². The Morgan fingerprint density at radius 3 is 2.12 bits per heavy atom. The highest BCUT2D eigenvalue weighted by molar-refractivity contribution is 5.87. The fourth-order valence-electron chi connectivity index (χ4n) is 4.00. The van der Waals surface area contributed by atoms with Crippen molar-refractivity contribution in [3.05, 3.63) is 59.7 Å². The molecule has 3 rings (SSSR count). The van der Waals surface area contributed by atoms with Crippen LogP contribution in [0.3, 0.4) is 0 Å². The van der Waals surface area contributed by atoms with Crippen LogP contribution < -0.4 is 10.6 Å². The van der Waals surface area contributed by atoms with Crippen LogP contribution in [-0.2, 0) is 23.9 Å². The van der Waals surface area contributed by atoms with Crippen LogP contribution in [0, 0.1) is 5.92 Å². The topological polar surface area (TPSA) is 131 Å². The van der Waals surface area contributed by atoms with Gasteiger partial charge in [-0.15, -0.1) is 0 Å². The third-order valence-corrected chi connectivity index (χ3v) is 5.70. The number of fused-ring (bicyclic) bond motifs is 3. The maximum Gasteiger partial charge on any atom is 0.407 e. The molecule has 0 saturated carbocycles. The first-order valence-corrected chi connectivity index (χ1v) is 11.0. The van der Waals surface area contributed by atoms with Crippen LogP contribution in [0.25, 0.3) is 11.1 Å². The first kappa shape index (κ1) is 24.8. The second-order valence-electron chi connectivity index (χ2n) is 8.25. The van der Waals surface area contributed by atoms with Crippen molar-refractivity contribution in [1.82, 2.24) is 10.6 Å². The monoisotopic (exact) mass is 468 g/mol. The summed E-state index contributed by atoms with van der Waals surface area (Å²) < 4.78 is 9.91. The Hall–Kier alpha value is -3.88. The van der Waals surface area contributed by atoms with Gasteiger partial charge in [0.25, 0.3) is 0 Å². The Morgan fingerprint density at radius 1 is 0.971 bits per heavy atom. The minimum atomic E-state index is -1.37. The van der Waals surface area contributed by atoms with Gasteiger partial charge in [0.1, 0.15) is 12.6 Å². The van der Waals surface area contributed by atoms with Crippen LogP contribution in [-0.4, -0.2) is 55.3 Å². The van der Waals surface area contributed by atoms with Crippen molar-refractivity contribution in [3.63, 3.8) is 0 Å². The molecule has 0 fully saturated rings. The standard InChI is InChI=1S/C25H28N2O7/c1-15(11-22(28)27-21(24(30)31)12-23(29)33-2)13-26-25(32)34-14-20-18-9-5-3-7-16(18)17-8-4-6-10-19(17)20/h3-10,15,20-21H,11-14H2,1-2H3,(H,26,32)(H,27,28)(H,30,31)/t15?,21-/m0/s1. The number of rotatable bonds is 10. The summed E-state index contributed by atoms with van der Waals surface area (Å²) in [4.78, 5) is 46.9. The SMILES string of the molecule is COC(=O)C[C@H](NC(=O)CC(C)CNC(=O)OCC1c2ccccc2-c2ccccc21)C(=O)O. The third-order valence-electron chi connectivity index (χ3n) is 5.70. The molecule has 0 bridgehead atoms. The largest absolute Gasteiger partial charge is 0.480 e. The second kappa shape index (κ2) is 11.3. The van der Waals surface area contributed by atoms with E-state index in [0.717, 1.165) is 29.4 Å². The molecule has 0 heterocycles. The lowest BCUT2D eigenvalue weighted by Crippen LogP contribution is -2.43. The van der Waals surface area contributed by atoms with Crippen LogP contribution in [0.2, 0.25) is 0 Å². The van der Waals surface area contributed by atoms with Crippen LogP contribution in [0.15, 0.2) is 48.5 Å². The first-order valence-electron chi connectivity index (χ1n) is 11.0. The number of nitrogens with one attached hydrogen (secondary N) is 2. The number of benzene rings is 2. The molecule has 2 amide bonds. The molecule has 180 valence electrons. The maximum absolute atomic E-state index is 12.3. The zero-order valence-corrected chi connectivity index (χ0v) is 19.1. The summed E-state index contributed by atoms with van der Waals surface area (Å²) in [7, 11) is 1.14. The quantitative estimate of drug-likeness (QED) is 0.457. The average molecular weight is 469 g/mol. The van der Waals surface area contributed by atoms with Gasteiger partial charge in [-0.05, 0) is 28.2 Å². The van der Waals surface area contributed by atoms with Gasteiger partial charge in [0, 0.05) is 18.9 Å². The number of hydrogen-bond donors (Lipinski definition) is 3. The lowest BCUT2D eigenvalue weighted by molar-refractivity contribution is -0.148. The van der Waals surface area contributed by atoms with Gasteiger partial charge in [0.2, 0.25) is 5.91 Å². The van der Waals surface area contributed by atoms with Gasteiger partial charge in [0.15, 0.2) is 0 Å². The summed E-state index contributed by atoms with van der Waals surface area (Å²) in [6.07, 6.45) is -1.10. The second-order valence-corrected chi connectivity index (χ2v) is 8.25. The molecule has 3 N–H and O–H groups in total. The van der Waals surface area contributed by atoms with E-state index in [0.29, 0.717) is 0 Å². The normalized spacial score (nSPS) is 13.7. The Morgan fingerprint density at radius 2 is 1.56 bits per heavy atom. The highest BCUT2D eigenvalue weighted by atomic mass is 16.5. The first-order chi connectivity index (χ1) is 16.3. The van der Waals surface area contributed by atoms with Gasteiger partial charge in [-0.3, -0.25) is 9.59 Å². The van der Waals surface area contributed by atoms with E-state index in [9.17, 15) is 19.2 Å². The van der Waals surface area contributed by atoms with Gasteiger partial charge >= 0.3 is 18.0 Å². The van der Waals surface area contributed by atoms with E-state index in [1.807, 2.05) is 36.4 Å². The number of aliphatic carboxylic acids is 1. The number of esters is 1. The molecule has 34 heavy (non-hydrogen) atoms. The Kier molecular flexibility index (Phi) is 8.24. The van der Waals surface area contributed by atoms with Gasteiger partial charge in [-0.1, -0.05) is 55.5 Å². The molecule has 0 spiro atoms. The molecule has 1 unspecified atom stereocenters. The van der Waals surface area contributed by atoms with Crippen LogP contribution >= 0.6 is 0 Å². The molecule has 0 saturated heterocycles. The minimum absolute atomic E-state index is 0.0331. The van der Waals surface area contributed by atoms with Gasteiger partial charge in [0.05, 0.1) is 13.5 Å². The van der Waals surface area contributed by atoms with Crippen molar-refractivity contribution < 1.29 is 33.8 Å². The Balaban J connectivity index is 1.46. The van der Waals surface area contributed by atoms with Crippen LogP contribution in [0.4, 0.5) is 4.79 Å². The van der Waals surface area contributed by atoms with E-state index in [2.05, 4.69) is 27.5 Å². The summed E-state index contributed by atoms with van der Waals surface area (Å²) >= 11 is 0. The number of carbonyl (C=O) groups excluding carboxylic acids is 3. The molecule has 0 aliphatic heterocycles. The molecule has 2 aromatic rings. The lowest BCUT2D eigenvalue weighted by Gasteiger charge is -2.17. The predicted octanol–water partition coefficient (Wildman–Crippen LogP) is 2.68. The number of methoxy groups -OCH3 is 1. The molecule has 2 aromatic carbocycles. The number of alkyl carbamates (subject to hydrolysis) is 1. The average Bonchev–Trinajstić information content (AvgIpc) is 3.14. The molecular formula is C25H28N2O7. The lowest BCUT2D eigenvalue weighted by atomic mass is 9.98. The number of ether oxygens (including phenoxy) is 2. The number of carbonyl (C=O) groups is 4. The number of carboxylic acids is 1. The highest BCUT2D eigenvalue weighted by Crippen LogP contribution is 2.44. The van der Waals surface area contributed by atoms with Crippen molar-refractivity contribution in [1.29, 1.82) is 0 Å². The molecule has 0 aromatic heterocycles. The van der Waals surface area contributed by atoms with E-state index >= 15 is 0 Å². The zero-order valence-electron chi connectivity index (χ0n) is 19.1. The molecule has 1 aliphatic rings. The van der Waals surface area contributed by atoms with Crippen molar-refractivity contribution in [2.75, 3.05) is 20.3 Å². The molecule has 2 atom stereocenters. The predicted molar refractivity (Wildman–Crippen MR) is 123 cm³/mol. The summed E-state index contributed by atoms with van der Waals surface area (Å²) in [5.41, 5.74) is 4.50. The van der Waals surface area contributed by atoms with Crippen LogP contribution in [0.5, 0.6) is 0 Å². The van der Waals surface area contributed by atoms with E-state index in [4.69, 9.17) is 9.84 Å². The minimum Gasteiger partial charge on any atom is -0.480 e. The fraction of sp³-hybridized carbons (Fsp3) is 0.360. The number of amides is 2. The molecule has 9 heteroatoms. The fourth-order valence-corrected chi connectivity index (χ4v) is 4.00. The van der Waals surface area contributed by atoms with Crippen molar-refractivity contribution in [2.24, 2.45) is 5.92 Å². The van der Waals surface area contributed by atoms with Gasteiger partial charge < -0.3 is 25.2 Å². The molecule has 9 nitrogen and oxygen atoms in total. The van der Waals surface area contributed by atoms with E-state index < -0.39 is 36.4 Å². The molecule has 1 aliphatic carbocycles. The zero-order chi connectivity index (χ0) is 24.7. The Bertz CT molecular complexity index is 1020. The van der Waals surface area contributed by atoms with Crippen LogP contribution in [0.1, 0.15) is 36.8 Å². The van der Waals surface area contributed by atoms with Crippen molar-refractivity contribution >= 4 is 23.9 Å². The molecular weight excluding hydrogens is 440 g/mol. The summed E-state index contributed by atoms with van der Waals surface area (Å²) in [5, 5.41) is 14.1. The number of carboxylic acid groups (broad SMARTS) is 1. The van der Waals surface area contributed by atoms with Crippen molar-refractivity contribution in [3.8, 4) is 11.1 Å². The summed E-state index contributed by atoms with van der Waals surface area (Å²) in [6.45, 7) is 2.08. The van der Waals surface area contributed by atoms with E-state index in [1.54, 1.807) is 6.92 Å². The van der Waals surface area contributed by atoms with E-state index in [-0.39, 0.29) is 31.4 Å². The number of hydrogen-bond acceptors (Lipinski definition) is 6. The summed E-state index contributed by atoms with van der Waals surface area (Å²) in [6, 6.07) is 14.7. The molecule has 0 radical (unpaired) electrons. The highest BCUT2D eigenvalue weighted by Gasteiger charge is 2.29. The van der Waals surface area contributed by atoms with Crippen molar-refractivity contribution in [2.45, 2.75) is 31.7 Å². The third kappa shape index (κ3) is 6.12. The maximum atomic E-state index is 12.3. The van der Waals surface area contributed by atoms with Gasteiger partial charge in [-0.2, -0.15) is 0 Å². The van der Waals surface area contributed by atoms with Gasteiger partial charge in [-0.25, -0.2) is 9.59 Å². The summed E-state index contributed by atoms with van der Waals surface area (Å²) in [5.74, 6) is -2.95. The van der Waals surface area contributed by atoms with E-state index in [1.165, 1.54) is 0 Å².